The van der Waals surface area contributed by atoms with Gasteiger partial charge in [0, 0.05) is 19.2 Å². The zero-order valence-electron chi connectivity index (χ0n) is 8.25. The predicted molar refractivity (Wildman–Crippen MR) is 53.4 cm³/mol. The van der Waals surface area contributed by atoms with Crippen LogP contribution in [0.5, 0.6) is 0 Å². The van der Waals surface area contributed by atoms with Gasteiger partial charge in [0.15, 0.2) is 0 Å². The lowest BCUT2D eigenvalue weighted by Crippen LogP contribution is -2.26. The van der Waals surface area contributed by atoms with Gasteiger partial charge in [0.25, 0.3) is 5.91 Å². The Labute approximate surface area is 82.3 Å². The minimum atomic E-state index is -0.499. The van der Waals surface area contributed by atoms with Crippen molar-refractivity contribution in [1.29, 1.82) is 0 Å². The third-order valence-corrected chi connectivity index (χ3v) is 2.06. The molecule has 0 spiro atoms. The van der Waals surface area contributed by atoms with Crippen molar-refractivity contribution < 1.29 is 9.18 Å². The lowest BCUT2D eigenvalue weighted by atomic mass is 10.1. The van der Waals surface area contributed by atoms with Crippen LogP contribution < -0.4 is 5.73 Å². The molecule has 4 heteroatoms. The lowest BCUT2D eigenvalue weighted by Gasteiger charge is -2.14. The normalized spacial score (nSPS) is 9.93. The maximum atomic E-state index is 12.8. The van der Waals surface area contributed by atoms with Gasteiger partial charge in [-0.1, -0.05) is 0 Å². The molecule has 0 atom stereocenters. The predicted octanol–water partition coefficient (Wildman–Crippen LogP) is 1.50. The molecule has 0 saturated carbocycles. The van der Waals surface area contributed by atoms with Crippen molar-refractivity contribution in [2.75, 3.05) is 19.3 Å². The summed E-state index contributed by atoms with van der Waals surface area (Å²) in [6.07, 6.45) is 0. The Morgan fingerprint density at radius 3 is 2.71 bits per heavy atom. The van der Waals surface area contributed by atoms with Gasteiger partial charge in [0.2, 0.25) is 0 Å². The van der Waals surface area contributed by atoms with Gasteiger partial charge in [-0.05, 0) is 25.1 Å². The van der Waals surface area contributed by atoms with Gasteiger partial charge in [0.05, 0.1) is 5.69 Å². The Balaban J connectivity index is 2.97. The Morgan fingerprint density at radius 1 is 1.57 bits per heavy atom. The van der Waals surface area contributed by atoms with Crippen LogP contribution in [0.2, 0.25) is 0 Å². The molecule has 0 aliphatic rings. The number of nitrogens with two attached hydrogens (primary N) is 1. The Hall–Kier alpha value is -1.58. The first-order chi connectivity index (χ1) is 6.56. The van der Waals surface area contributed by atoms with E-state index in [1.165, 1.54) is 23.1 Å². The van der Waals surface area contributed by atoms with Crippen LogP contribution in [-0.2, 0) is 0 Å². The minimum absolute atomic E-state index is 0.000327. The number of amides is 1. The highest BCUT2D eigenvalue weighted by atomic mass is 19.1. The number of nitrogen functional groups attached to an aromatic ring is 1. The monoisotopic (exact) mass is 196 g/mol. The van der Waals surface area contributed by atoms with Crippen molar-refractivity contribution in [2.45, 2.75) is 6.92 Å². The fraction of sp³-hybridized carbons (Fsp3) is 0.300. The summed E-state index contributed by atoms with van der Waals surface area (Å²) < 4.78 is 12.8. The van der Waals surface area contributed by atoms with Crippen molar-refractivity contribution >= 4 is 11.6 Å². The third-order valence-electron chi connectivity index (χ3n) is 2.06. The maximum Gasteiger partial charge on any atom is 0.253 e. The van der Waals surface area contributed by atoms with Gasteiger partial charge >= 0.3 is 0 Å². The Morgan fingerprint density at radius 2 is 2.21 bits per heavy atom. The van der Waals surface area contributed by atoms with Gasteiger partial charge in [-0.3, -0.25) is 4.79 Å². The first-order valence-corrected chi connectivity index (χ1v) is 4.36. The quantitative estimate of drug-likeness (QED) is 0.728. The molecule has 0 radical (unpaired) electrons. The number of hydrogen-bond acceptors (Lipinski definition) is 2. The van der Waals surface area contributed by atoms with E-state index in [2.05, 4.69) is 0 Å². The number of nitrogens with zero attached hydrogens (tertiary/aromatic N) is 1. The molecule has 14 heavy (non-hydrogen) atoms. The summed E-state index contributed by atoms with van der Waals surface area (Å²) >= 11 is 0. The highest BCUT2D eigenvalue weighted by Gasteiger charge is 2.11. The standard InChI is InChI=1S/C10H13FN2O/c1-3-13(2)10(14)7-4-5-8(11)9(12)6-7/h4-6H,3,12H2,1-2H3. The summed E-state index contributed by atoms with van der Waals surface area (Å²) in [6.45, 7) is 2.47. The van der Waals surface area contributed by atoms with E-state index in [1.54, 1.807) is 7.05 Å². The first-order valence-electron chi connectivity index (χ1n) is 4.36. The van der Waals surface area contributed by atoms with Crippen molar-refractivity contribution in [3.8, 4) is 0 Å². The molecule has 0 unspecified atom stereocenters. The van der Waals surface area contributed by atoms with Gasteiger partial charge in [0.1, 0.15) is 5.82 Å². The zero-order chi connectivity index (χ0) is 10.7. The molecule has 0 fully saturated rings. The molecule has 0 bridgehead atoms. The van der Waals surface area contributed by atoms with Crippen molar-refractivity contribution in [1.82, 2.24) is 4.90 Å². The second-order valence-electron chi connectivity index (χ2n) is 3.06. The molecular formula is C10H13FN2O. The largest absolute Gasteiger partial charge is 0.396 e. The lowest BCUT2D eigenvalue weighted by molar-refractivity contribution is 0.0802. The average Bonchev–Trinajstić information content (AvgIpc) is 2.20. The fourth-order valence-corrected chi connectivity index (χ4v) is 1.04. The number of carbonyl (C=O) groups is 1. The van der Waals surface area contributed by atoms with Crippen LogP contribution >= 0.6 is 0 Å². The van der Waals surface area contributed by atoms with E-state index < -0.39 is 5.82 Å². The zero-order valence-corrected chi connectivity index (χ0v) is 8.25. The molecule has 0 aliphatic carbocycles. The number of carbonyl (C=O) groups excluding carboxylic acids is 1. The van der Waals surface area contributed by atoms with E-state index in [4.69, 9.17) is 5.73 Å². The summed E-state index contributed by atoms with van der Waals surface area (Å²) in [5, 5.41) is 0. The van der Waals surface area contributed by atoms with Crippen molar-refractivity contribution in [2.24, 2.45) is 0 Å². The molecule has 3 nitrogen and oxygen atoms in total. The van der Waals surface area contributed by atoms with Crippen LogP contribution in [0.3, 0.4) is 0 Å². The first kappa shape index (κ1) is 10.5. The highest BCUT2D eigenvalue weighted by molar-refractivity contribution is 5.94. The minimum Gasteiger partial charge on any atom is -0.396 e. The second kappa shape index (κ2) is 4.09. The molecule has 1 amide bonds. The van der Waals surface area contributed by atoms with E-state index in [-0.39, 0.29) is 11.6 Å². The van der Waals surface area contributed by atoms with Crippen molar-refractivity contribution in [3.63, 3.8) is 0 Å². The highest BCUT2D eigenvalue weighted by Crippen LogP contribution is 2.13. The summed E-state index contributed by atoms with van der Waals surface area (Å²) in [6, 6.07) is 3.98. The van der Waals surface area contributed by atoms with Gasteiger partial charge < -0.3 is 10.6 Å². The number of hydrogen-bond donors (Lipinski definition) is 1. The number of halogens is 1. The van der Waals surface area contributed by atoms with Crippen LogP contribution in [0.4, 0.5) is 10.1 Å². The van der Waals surface area contributed by atoms with E-state index in [0.717, 1.165) is 0 Å². The van der Waals surface area contributed by atoms with Crippen LogP contribution in [0, 0.1) is 5.82 Å². The molecular weight excluding hydrogens is 183 g/mol. The van der Waals surface area contributed by atoms with E-state index in [9.17, 15) is 9.18 Å². The number of rotatable bonds is 2. The molecule has 1 aromatic rings. The smallest absolute Gasteiger partial charge is 0.253 e. The van der Waals surface area contributed by atoms with E-state index in [1.807, 2.05) is 6.92 Å². The maximum absolute atomic E-state index is 12.8. The molecule has 0 aromatic heterocycles. The van der Waals surface area contributed by atoms with Crippen LogP contribution in [0.15, 0.2) is 18.2 Å². The van der Waals surface area contributed by atoms with Crippen molar-refractivity contribution in [3.05, 3.63) is 29.6 Å². The second-order valence-corrected chi connectivity index (χ2v) is 3.06. The van der Waals surface area contributed by atoms with E-state index >= 15 is 0 Å². The Kier molecular flexibility index (Phi) is 3.06. The number of benzene rings is 1. The van der Waals surface area contributed by atoms with E-state index in [0.29, 0.717) is 12.1 Å². The number of anilines is 1. The Bertz CT molecular complexity index is 352. The molecule has 0 saturated heterocycles. The molecule has 2 N–H and O–H groups in total. The summed E-state index contributed by atoms with van der Waals surface area (Å²) in [5.74, 6) is -0.653. The summed E-state index contributed by atoms with van der Waals surface area (Å²) in [7, 11) is 1.68. The third kappa shape index (κ3) is 2.02. The SMILES string of the molecule is CCN(C)C(=O)c1ccc(F)c(N)c1. The molecule has 0 heterocycles. The molecule has 1 rings (SSSR count). The van der Waals surface area contributed by atoms with Crippen LogP contribution in [-0.4, -0.2) is 24.4 Å². The van der Waals surface area contributed by atoms with Gasteiger partial charge in [-0.25, -0.2) is 4.39 Å². The molecule has 0 aliphatic heterocycles. The fourth-order valence-electron chi connectivity index (χ4n) is 1.04. The summed E-state index contributed by atoms with van der Waals surface area (Å²) in [5.41, 5.74) is 5.77. The average molecular weight is 196 g/mol. The van der Waals surface area contributed by atoms with Gasteiger partial charge in [-0.2, -0.15) is 0 Å². The molecule has 76 valence electrons. The topological polar surface area (TPSA) is 46.3 Å². The summed E-state index contributed by atoms with van der Waals surface area (Å²) in [4.78, 5) is 13.1. The van der Waals surface area contributed by atoms with Gasteiger partial charge in [-0.15, -0.1) is 0 Å². The van der Waals surface area contributed by atoms with Crippen LogP contribution in [0.1, 0.15) is 17.3 Å². The van der Waals surface area contributed by atoms with Crippen LogP contribution in [0.25, 0.3) is 0 Å². The molecule has 1 aromatic carbocycles.